The minimum Gasteiger partial charge on any atom is -0.479 e. The predicted octanol–water partition coefficient (Wildman–Crippen LogP) is -0.351. The Morgan fingerprint density at radius 2 is 1.87 bits per heavy atom. The molecule has 23 heavy (non-hydrogen) atoms. The number of nitrogens with zero attached hydrogens (tertiary/aromatic N) is 3. The van der Waals surface area contributed by atoms with Crippen molar-refractivity contribution in [3.8, 4) is 11.4 Å². The number of aliphatic carboxylic acids is 1. The van der Waals surface area contributed by atoms with Gasteiger partial charge in [-0.05, 0) is 31.2 Å². The van der Waals surface area contributed by atoms with Gasteiger partial charge in [0, 0.05) is 0 Å². The van der Waals surface area contributed by atoms with Crippen molar-refractivity contribution in [2.45, 2.75) is 13.0 Å². The predicted molar refractivity (Wildman–Crippen MR) is 77.8 cm³/mol. The molecule has 1 atom stereocenters. The van der Waals surface area contributed by atoms with E-state index in [-0.39, 0.29) is 11.0 Å². The third kappa shape index (κ3) is 2.57. The average molecular weight is 317 g/mol. The molecule has 0 radical (unpaired) electrons. The molecular formula is C13H11N5O5. The number of carboxylic acid groups (broad SMARTS) is 1. The molecule has 10 nitrogen and oxygen atoms in total. The lowest BCUT2D eigenvalue weighted by Gasteiger charge is -2.10. The quantitative estimate of drug-likeness (QED) is 0.596. The number of ether oxygens (including phenoxy) is 1. The van der Waals surface area contributed by atoms with Gasteiger partial charge < -0.3 is 9.84 Å². The lowest BCUT2D eigenvalue weighted by molar-refractivity contribution is -0.144. The van der Waals surface area contributed by atoms with Crippen molar-refractivity contribution in [2.75, 3.05) is 0 Å². The molecule has 3 rings (SSSR count). The van der Waals surface area contributed by atoms with E-state index >= 15 is 0 Å². The van der Waals surface area contributed by atoms with Crippen LogP contribution in [0.25, 0.3) is 16.7 Å². The highest BCUT2D eigenvalue weighted by molar-refractivity contribution is 5.74. The van der Waals surface area contributed by atoms with E-state index in [4.69, 9.17) is 9.84 Å². The van der Waals surface area contributed by atoms with Gasteiger partial charge in [0.25, 0.3) is 11.1 Å². The molecule has 118 valence electrons. The van der Waals surface area contributed by atoms with E-state index in [0.29, 0.717) is 11.4 Å². The molecule has 0 spiro atoms. The molecule has 0 saturated carbocycles. The Bertz CT molecular complexity index is 984. The van der Waals surface area contributed by atoms with Gasteiger partial charge in [-0.25, -0.2) is 9.48 Å². The van der Waals surface area contributed by atoms with Crippen LogP contribution in [0.1, 0.15) is 6.92 Å². The first-order valence-corrected chi connectivity index (χ1v) is 6.53. The number of fused-ring (bicyclic) bond motifs is 1. The molecular weight excluding hydrogens is 306 g/mol. The Labute approximate surface area is 127 Å². The van der Waals surface area contributed by atoms with Gasteiger partial charge in [-0.2, -0.15) is 0 Å². The lowest BCUT2D eigenvalue weighted by atomic mass is 10.3. The molecule has 0 aliphatic carbocycles. The third-order valence-corrected chi connectivity index (χ3v) is 3.13. The van der Waals surface area contributed by atoms with Crippen LogP contribution in [0.2, 0.25) is 0 Å². The summed E-state index contributed by atoms with van der Waals surface area (Å²) in [5.41, 5.74) is -0.681. The number of H-pyrrole nitrogens is 2. The fourth-order valence-electron chi connectivity index (χ4n) is 1.97. The Kier molecular flexibility index (Phi) is 3.41. The Balaban J connectivity index is 2.00. The van der Waals surface area contributed by atoms with Crippen molar-refractivity contribution in [1.29, 1.82) is 0 Å². The summed E-state index contributed by atoms with van der Waals surface area (Å²) in [4.78, 5) is 34.2. The smallest absolute Gasteiger partial charge is 0.344 e. The van der Waals surface area contributed by atoms with E-state index in [9.17, 15) is 14.4 Å². The maximum absolute atomic E-state index is 11.9. The normalized spacial score (nSPS) is 12.2. The summed E-state index contributed by atoms with van der Waals surface area (Å²) in [5, 5.41) is 20.7. The van der Waals surface area contributed by atoms with Gasteiger partial charge in [0.2, 0.25) is 0 Å². The molecule has 0 aliphatic heterocycles. The molecule has 10 heteroatoms. The summed E-state index contributed by atoms with van der Waals surface area (Å²) in [6.45, 7) is 1.41. The van der Waals surface area contributed by atoms with Crippen LogP contribution in [0.4, 0.5) is 0 Å². The third-order valence-electron chi connectivity index (χ3n) is 3.13. The van der Waals surface area contributed by atoms with Crippen LogP contribution in [0.15, 0.2) is 33.9 Å². The van der Waals surface area contributed by atoms with Crippen LogP contribution in [0.3, 0.4) is 0 Å². The van der Waals surface area contributed by atoms with Crippen LogP contribution in [-0.4, -0.2) is 42.4 Å². The Morgan fingerprint density at radius 1 is 1.22 bits per heavy atom. The van der Waals surface area contributed by atoms with Gasteiger partial charge in [-0.1, -0.05) is 5.21 Å². The van der Waals surface area contributed by atoms with Gasteiger partial charge in [0.1, 0.15) is 5.75 Å². The fraction of sp³-hybridized carbons (Fsp3) is 0.154. The monoisotopic (exact) mass is 317 g/mol. The van der Waals surface area contributed by atoms with Crippen molar-refractivity contribution in [3.63, 3.8) is 0 Å². The highest BCUT2D eigenvalue weighted by Crippen LogP contribution is 2.17. The molecule has 0 amide bonds. The summed E-state index contributed by atoms with van der Waals surface area (Å²) >= 11 is 0. The van der Waals surface area contributed by atoms with Crippen molar-refractivity contribution < 1.29 is 14.6 Å². The molecule has 0 fully saturated rings. The Hall–Kier alpha value is -3.43. The molecule has 1 aromatic carbocycles. The number of carboxylic acids is 1. The second-order valence-electron chi connectivity index (χ2n) is 4.70. The first-order valence-electron chi connectivity index (χ1n) is 6.53. The summed E-state index contributed by atoms with van der Waals surface area (Å²) < 4.78 is 6.43. The minimum absolute atomic E-state index is 0.0151. The zero-order chi connectivity index (χ0) is 16.6. The molecule has 0 aliphatic rings. The minimum atomic E-state index is -1.08. The summed E-state index contributed by atoms with van der Waals surface area (Å²) in [6.07, 6.45) is -0.991. The topological polar surface area (TPSA) is 143 Å². The van der Waals surface area contributed by atoms with Gasteiger partial charge in [0.15, 0.2) is 17.1 Å². The summed E-state index contributed by atoms with van der Waals surface area (Å²) in [7, 11) is 0. The number of hydrogen-bond acceptors (Lipinski definition) is 6. The van der Waals surface area contributed by atoms with Crippen molar-refractivity contribution in [3.05, 3.63) is 45.0 Å². The summed E-state index contributed by atoms with van der Waals surface area (Å²) in [6, 6.07) is 6.20. The molecule has 3 N–H and O–H groups in total. The number of nitrogens with one attached hydrogen (secondary N) is 2. The Morgan fingerprint density at radius 3 is 2.52 bits per heavy atom. The highest BCUT2D eigenvalue weighted by Gasteiger charge is 2.15. The van der Waals surface area contributed by atoms with E-state index in [1.807, 2.05) is 0 Å². The SMILES string of the molecule is CC(Oc1ccc(-n2nnc3c(=O)[nH][nH]c(=O)c32)cc1)C(=O)O. The van der Waals surface area contributed by atoms with Crippen LogP contribution >= 0.6 is 0 Å². The molecule has 0 bridgehead atoms. The van der Waals surface area contributed by atoms with Crippen LogP contribution < -0.4 is 15.9 Å². The standard InChI is InChI=1S/C13H11N5O5/c1-6(13(21)22)23-8-4-2-7(3-5-8)18-10-9(14-17-18)11(19)15-16-12(10)20/h2-6H,1H3,(H,15,19)(H,16,20)(H,21,22). The highest BCUT2D eigenvalue weighted by atomic mass is 16.5. The molecule has 0 saturated heterocycles. The number of benzene rings is 1. The van der Waals surface area contributed by atoms with Crippen LogP contribution in [-0.2, 0) is 4.79 Å². The number of carbonyl (C=O) groups is 1. The van der Waals surface area contributed by atoms with Gasteiger partial charge in [0.05, 0.1) is 5.69 Å². The van der Waals surface area contributed by atoms with Gasteiger partial charge >= 0.3 is 5.97 Å². The van der Waals surface area contributed by atoms with Crippen LogP contribution in [0.5, 0.6) is 5.75 Å². The van der Waals surface area contributed by atoms with Crippen molar-refractivity contribution in [1.82, 2.24) is 25.2 Å². The second-order valence-corrected chi connectivity index (χ2v) is 4.70. The average Bonchev–Trinajstić information content (AvgIpc) is 2.98. The van der Waals surface area contributed by atoms with Crippen LogP contribution in [0, 0.1) is 0 Å². The molecule has 2 heterocycles. The van der Waals surface area contributed by atoms with E-state index in [1.54, 1.807) is 12.1 Å². The number of hydrogen-bond donors (Lipinski definition) is 3. The number of aromatic nitrogens is 5. The zero-order valence-electron chi connectivity index (χ0n) is 11.8. The first-order chi connectivity index (χ1) is 11.0. The largest absolute Gasteiger partial charge is 0.479 e. The van der Waals surface area contributed by atoms with E-state index in [0.717, 1.165) is 0 Å². The number of rotatable bonds is 4. The molecule has 1 unspecified atom stereocenters. The first kappa shape index (κ1) is 14.5. The fourth-order valence-corrected chi connectivity index (χ4v) is 1.97. The lowest BCUT2D eigenvalue weighted by Crippen LogP contribution is -2.22. The zero-order valence-corrected chi connectivity index (χ0v) is 11.8. The van der Waals surface area contributed by atoms with Gasteiger partial charge in [-0.15, -0.1) is 5.10 Å². The van der Waals surface area contributed by atoms with E-state index < -0.39 is 23.2 Å². The van der Waals surface area contributed by atoms with Crippen molar-refractivity contribution >= 4 is 17.0 Å². The second kappa shape index (κ2) is 5.40. The van der Waals surface area contributed by atoms with Gasteiger partial charge in [-0.3, -0.25) is 19.8 Å². The maximum atomic E-state index is 11.9. The number of aromatic amines is 2. The molecule has 2 aromatic heterocycles. The molecule has 3 aromatic rings. The summed E-state index contributed by atoms with van der Waals surface area (Å²) in [5.74, 6) is -0.734. The van der Waals surface area contributed by atoms with E-state index in [2.05, 4.69) is 20.5 Å². The maximum Gasteiger partial charge on any atom is 0.344 e. The van der Waals surface area contributed by atoms with E-state index in [1.165, 1.54) is 23.7 Å². The van der Waals surface area contributed by atoms with Crippen molar-refractivity contribution in [2.24, 2.45) is 0 Å².